The number of rotatable bonds is 6. The maximum absolute atomic E-state index is 12.5. The van der Waals surface area contributed by atoms with Crippen molar-refractivity contribution in [3.05, 3.63) is 0 Å². The monoisotopic (exact) mass is 320 g/mol. The standard InChI is InChI=1S/C14H24O6S/c1-5-19-12(15)11-8-10(4)14(9-11,13(16)20-6-2)21(17,18)7-3/h10-11H,5-9H2,1-4H3/t10-,11+,14-/m0/s1. The summed E-state index contributed by atoms with van der Waals surface area (Å²) in [7, 11) is -3.69. The molecule has 6 nitrogen and oxygen atoms in total. The summed E-state index contributed by atoms with van der Waals surface area (Å²) in [6, 6.07) is 0. The average Bonchev–Trinajstić information content (AvgIpc) is 2.79. The van der Waals surface area contributed by atoms with Crippen LogP contribution < -0.4 is 0 Å². The Hall–Kier alpha value is -1.11. The SMILES string of the molecule is CCOC(=O)[C@@H]1C[C@H](C)[C@@](C(=O)OCC)(S(=O)(=O)CC)C1. The van der Waals surface area contributed by atoms with Crippen LogP contribution in [0, 0.1) is 11.8 Å². The summed E-state index contributed by atoms with van der Waals surface area (Å²) in [5.41, 5.74) is 0. The first-order valence-electron chi connectivity index (χ1n) is 7.32. The Balaban J connectivity index is 3.21. The molecule has 7 heteroatoms. The minimum atomic E-state index is -3.69. The molecule has 21 heavy (non-hydrogen) atoms. The first kappa shape index (κ1) is 17.9. The molecular formula is C14H24O6S. The maximum Gasteiger partial charge on any atom is 0.327 e. The highest BCUT2D eigenvalue weighted by Gasteiger charge is 2.61. The van der Waals surface area contributed by atoms with Gasteiger partial charge in [-0.1, -0.05) is 13.8 Å². The van der Waals surface area contributed by atoms with Crippen molar-refractivity contribution in [2.45, 2.75) is 45.3 Å². The predicted molar refractivity (Wildman–Crippen MR) is 77.3 cm³/mol. The molecule has 0 spiro atoms. The van der Waals surface area contributed by atoms with Crippen molar-refractivity contribution in [3.63, 3.8) is 0 Å². The smallest absolute Gasteiger partial charge is 0.327 e. The molecule has 1 fully saturated rings. The summed E-state index contributed by atoms with van der Waals surface area (Å²) in [4.78, 5) is 24.3. The molecule has 0 bridgehead atoms. The van der Waals surface area contributed by atoms with Gasteiger partial charge in [-0.3, -0.25) is 9.59 Å². The minimum Gasteiger partial charge on any atom is -0.466 e. The predicted octanol–water partition coefficient (Wildman–Crippen LogP) is 1.33. The van der Waals surface area contributed by atoms with Crippen LogP contribution in [-0.4, -0.2) is 44.1 Å². The van der Waals surface area contributed by atoms with Crippen molar-refractivity contribution in [1.82, 2.24) is 0 Å². The summed E-state index contributed by atoms with van der Waals surface area (Å²) in [6.45, 7) is 6.85. The highest BCUT2D eigenvalue weighted by Crippen LogP contribution is 2.46. The number of carbonyl (C=O) groups is 2. The number of hydrogen-bond acceptors (Lipinski definition) is 6. The van der Waals surface area contributed by atoms with Gasteiger partial charge in [-0.15, -0.1) is 0 Å². The molecule has 0 aromatic heterocycles. The van der Waals surface area contributed by atoms with E-state index < -0.39 is 38.4 Å². The Kier molecular flexibility index (Phi) is 5.78. The molecule has 1 aliphatic carbocycles. The lowest BCUT2D eigenvalue weighted by Gasteiger charge is -2.30. The van der Waals surface area contributed by atoms with Gasteiger partial charge in [0.1, 0.15) is 0 Å². The minimum absolute atomic E-state index is 0.0536. The third kappa shape index (κ3) is 3.07. The third-order valence-electron chi connectivity index (χ3n) is 4.16. The van der Waals surface area contributed by atoms with Gasteiger partial charge in [0.15, 0.2) is 14.6 Å². The van der Waals surface area contributed by atoms with E-state index in [0.717, 1.165) is 0 Å². The number of ether oxygens (including phenoxy) is 2. The maximum atomic E-state index is 12.5. The van der Waals surface area contributed by atoms with Crippen LogP contribution in [0.4, 0.5) is 0 Å². The molecule has 0 aromatic carbocycles. The van der Waals surface area contributed by atoms with Gasteiger partial charge in [-0.25, -0.2) is 8.42 Å². The summed E-state index contributed by atoms with van der Waals surface area (Å²) in [5.74, 6) is -2.40. The second kappa shape index (κ2) is 6.77. The molecule has 1 rings (SSSR count). The molecule has 0 heterocycles. The highest BCUT2D eigenvalue weighted by atomic mass is 32.2. The van der Waals surface area contributed by atoms with Gasteiger partial charge >= 0.3 is 11.9 Å². The van der Waals surface area contributed by atoms with Crippen LogP contribution in [0.1, 0.15) is 40.5 Å². The molecule has 3 atom stereocenters. The van der Waals surface area contributed by atoms with E-state index in [1.165, 1.54) is 6.92 Å². The zero-order chi connectivity index (χ0) is 16.3. The summed E-state index contributed by atoms with van der Waals surface area (Å²) < 4.78 is 33.4. The molecule has 0 N–H and O–H groups in total. The van der Waals surface area contributed by atoms with Gasteiger partial charge in [-0.2, -0.15) is 0 Å². The van der Waals surface area contributed by atoms with Gasteiger partial charge in [0.05, 0.1) is 19.1 Å². The van der Waals surface area contributed by atoms with Crippen molar-refractivity contribution >= 4 is 21.8 Å². The quantitative estimate of drug-likeness (QED) is 0.686. The van der Waals surface area contributed by atoms with Crippen molar-refractivity contribution < 1.29 is 27.5 Å². The average molecular weight is 320 g/mol. The van der Waals surface area contributed by atoms with Gasteiger partial charge in [0, 0.05) is 5.75 Å². The summed E-state index contributed by atoms with van der Waals surface area (Å²) in [5, 5.41) is 0. The van der Waals surface area contributed by atoms with E-state index in [0.29, 0.717) is 6.42 Å². The van der Waals surface area contributed by atoms with Crippen molar-refractivity contribution in [1.29, 1.82) is 0 Å². The fraction of sp³-hybridized carbons (Fsp3) is 0.857. The Labute approximate surface area is 126 Å². The lowest BCUT2D eigenvalue weighted by atomic mass is 9.97. The van der Waals surface area contributed by atoms with E-state index in [4.69, 9.17) is 9.47 Å². The highest BCUT2D eigenvalue weighted by molar-refractivity contribution is 7.93. The fourth-order valence-electron chi connectivity index (χ4n) is 3.06. The Morgan fingerprint density at radius 1 is 1.14 bits per heavy atom. The van der Waals surface area contributed by atoms with Crippen LogP contribution in [0.5, 0.6) is 0 Å². The fourth-order valence-corrected chi connectivity index (χ4v) is 5.06. The lowest BCUT2D eigenvalue weighted by molar-refractivity contribution is -0.148. The van der Waals surface area contributed by atoms with Crippen LogP contribution in [0.2, 0.25) is 0 Å². The zero-order valence-corrected chi connectivity index (χ0v) is 13.9. The van der Waals surface area contributed by atoms with Gasteiger partial charge in [-0.05, 0) is 32.6 Å². The number of esters is 2. The van der Waals surface area contributed by atoms with E-state index in [-0.39, 0.29) is 25.4 Å². The molecule has 0 radical (unpaired) electrons. The van der Waals surface area contributed by atoms with Crippen LogP contribution in [0.25, 0.3) is 0 Å². The Morgan fingerprint density at radius 2 is 1.71 bits per heavy atom. The number of carbonyl (C=O) groups excluding carboxylic acids is 2. The third-order valence-corrected chi connectivity index (χ3v) is 6.77. The Bertz CT molecular complexity index is 498. The molecule has 1 saturated carbocycles. The van der Waals surface area contributed by atoms with Crippen molar-refractivity contribution in [2.24, 2.45) is 11.8 Å². The van der Waals surface area contributed by atoms with Crippen LogP contribution >= 0.6 is 0 Å². The van der Waals surface area contributed by atoms with E-state index in [9.17, 15) is 18.0 Å². The van der Waals surface area contributed by atoms with Crippen LogP contribution in [-0.2, 0) is 28.9 Å². The van der Waals surface area contributed by atoms with E-state index in [1.807, 2.05) is 0 Å². The van der Waals surface area contributed by atoms with Crippen LogP contribution in [0.3, 0.4) is 0 Å². The second-order valence-corrected chi connectivity index (χ2v) is 7.84. The summed E-state index contributed by atoms with van der Waals surface area (Å²) in [6.07, 6.45) is 0.263. The Morgan fingerprint density at radius 3 is 2.19 bits per heavy atom. The molecule has 0 aromatic rings. The molecular weight excluding hydrogens is 296 g/mol. The van der Waals surface area contributed by atoms with Gasteiger partial charge in [0.2, 0.25) is 0 Å². The first-order chi connectivity index (χ1) is 9.76. The number of hydrogen-bond donors (Lipinski definition) is 0. The van der Waals surface area contributed by atoms with Gasteiger partial charge in [0.25, 0.3) is 0 Å². The van der Waals surface area contributed by atoms with Gasteiger partial charge < -0.3 is 9.47 Å². The molecule has 122 valence electrons. The second-order valence-electron chi connectivity index (χ2n) is 5.30. The zero-order valence-electron chi connectivity index (χ0n) is 13.0. The van der Waals surface area contributed by atoms with E-state index in [2.05, 4.69) is 0 Å². The van der Waals surface area contributed by atoms with E-state index in [1.54, 1.807) is 20.8 Å². The molecule has 0 saturated heterocycles. The first-order valence-corrected chi connectivity index (χ1v) is 8.98. The largest absolute Gasteiger partial charge is 0.466 e. The molecule has 1 aliphatic rings. The topological polar surface area (TPSA) is 86.7 Å². The van der Waals surface area contributed by atoms with E-state index >= 15 is 0 Å². The number of sulfone groups is 1. The normalized spacial score (nSPS) is 29.1. The van der Waals surface area contributed by atoms with Crippen LogP contribution in [0.15, 0.2) is 0 Å². The van der Waals surface area contributed by atoms with Crippen molar-refractivity contribution in [2.75, 3.05) is 19.0 Å². The molecule has 0 amide bonds. The van der Waals surface area contributed by atoms with Crippen molar-refractivity contribution in [3.8, 4) is 0 Å². The lowest BCUT2D eigenvalue weighted by Crippen LogP contribution is -2.50. The molecule has 0 unspecified atom stereocenters. The molecule has 0 aliphatic heterocycles. The summed E-state index contributed by atoms with van der Waals surface area (Å²) >= 11 is 0.